The first-order chi connectivity index (χ1) is 11.7. The van der Waals surface area contributed by atoms with Crippen LogP contribution in [0, 0.1) is 6.92 Å². The second-order valence-electron chi connectivity index (χ2n) is 5.83. The van der Waals surface area contributed by atoms with Crippen molar-refractivity contribution in [1.29, 1.82) is 0 Å². The van der Waals surface area contributed by atoms with E-state index in [1.54, 1.807) is 36.3 Å². The fraction of sp³-hybridized carbons (Fsp3) is 0.412. The van der Waals surface area contributed by atoms with E-state index in [0.717, 1.165) is 42.6 Å². The van der Waals surface area contributed by atoms with Gasteiger partial charge >= 0.3 is 0 Å². The van der Waals surface area contributed by atoms with Gasteiger partial charge in [0.1, 0.15) is 5.82 Å². The van der Waals surface area contributed by atoms with Crippen LogP contribution >= 0.6 is 11.8 Å². The van der Waals surface area contributed by atoms with E-state index in [9.17, 15) is 4.79 Å². The zero-order chi connectivity index (χ0) is 16.9. The number of piperidine rings is 1. The van der Waals surface area contributed by atoms with E-state index in [0.29, 0.717) is 5.56 Å². The van der Waals surface area contributed by atoms with Gasteiger partial charge in [0.25, 0.3) is 5.91 Å². The van der Waals surface area contributed by atoms with Crippen LogP contribution in [0.3, 0.4) is 0 Å². The molecule has 0 radical (unpaired) electrons. The fourth-order valence-corrected chi connectivity index (χ4v) is 3.22. The van der Waals surface area contributed by atoms with E-state index in [1.807, 2.05) is 19.2 Å². The monoisotopic (exact) mass is 343 g/mol. The molecule has 24 heavy (non-hydrogen) atoms. The largest absolute Gasteiger partial charge is 0.356 e. The number of anilines is 1. The number of thioether (sulfide) groups is 1. The van der Waals surface area contributed by atoms with E-state index in [4.69, 9.17) is 0 Å². The molecule has 0 unspecified atom stereocenters. The van der Waals surface area contributed by atoms with Crippen molar-refractivity contribution >= 4 is 23.5 Å². The van der Waals surface area contributed by atoms with Gasteiger partial charge in [0.05, 0.1) is 5.56 Å². The zero-order valence-electron chi connectivity index (χ0n) is 13.9. The van der Waals surface area contributed by atoms with Crippen LogP contribution in [0.4, 0.5) is 5.82 Å². The van der Waals surface area contributed by atoms with Crippen molar-refractivity contribution in [2.75, 3.05) is 24.2 Å². The van der Waals surface area contributed by atoms with Gasteiger partial charge in [-0.05, 0) is 38.2 Å². The van der Waals surface area contributed by atoms with E-state index >= 15 is 0 Å². The summed E-state index contributed by atoms with van der Waals surface area (Å²) < 4.78 is 0. The minimum absolute atomic E-state index is 0.0518. The second kappa shape index (κ2) is 7.61. The quantitative estimate of drug-likeness (QED) is 0.678. The fourth-order valence-electron chi connectivity index (χ4n) is 2.80. The van der Waals surface area contributed by atoms with Crippen molar-refractivity contribution in [2.45, 2.75) is 31.0 Å². The van der Waals surface area contributed by atoms with Crippen molar-refractivity contribution in [3.63, 3.8) is 0 Å². The third-order valence-electron chi connectivity index (χ3n) is 4.08. The van der Waals surface area contributed by atoms with Crippen LogP contribution in [-0.4, -0.2) is 46.2 Å². The third-order valence-corrected chi connectivity index (χ3v) is 4.63. The Kier molecular flexibility index (Phi) is 5.30. The Balaban J connectivity index is 1.58. The van der Waals surface area contributed by atoms with Crippen LogP contribution in [0.1, 0.15) is 28.9 Å². The summed E-state index contributed by atoms with van der Waals surface area (Å²) in [5, 5.41) is 3.90. The molecule has 0 spiro atoms. The molecule has 3 rings (SSSR count). The lowest BCUT2D eigenvalue weighted by atomic mass is 10.0. The minimum Gasteiger partial charge on any atom is -0.356 e. The van der Waals surface area contributed by atoms with Gasteiger partial charge in [0.15, 0.2) is 5.16 Å². The highest BCUT2D eigenvalue weighted by Gasteiger charge is 2.22. The number of hydrogen-bond acceptors (Lipinski definition) is 6. The number of carbonyl (C=O) groups excluding carboxylic acids is 1. The Morgan fingerprint density at radius 1 is 1.33 bits per heavy atom. The number of pyridine rings is 1. The lowest BCUT2D eigenvalue weighted by Gasteiger charge is -2.33. The first kappa shape index (κ1) is 16.7. The van der Waals surface area contributed by atoms with Crippen molar-refractivity contribution in [3.8, 4) is 0 Å². The summed E-state index contributed by atoms with van der Waals surface area (Å²) in [6.07, 6.45) is 7.06. The molecule has 1 N–H and O–H groups in total. The molecule has 1 saturated heterocycles. The molecule has 0 atom stereocenters. The molecule has 1 aliphatic heterocycles. The van der Waals surface area contributed by atoms with Gasteiger partial charge in [-0.15, -0.1) is 0 Å². The summed E-state index contributed by atoms with van der Waals surface area (Å²) in [4.78, 5) is 27.4. The summed E-state index contributed by atoms with van der Waals surface area (Å²) in [5.41, 5.74) is 1.59. The Morgan fingerprint density at radius 3 is 2.79 bits per heavy atom. The highest BCUT2D eigenvalue weighted by molar-refractivity contribution is 7.98. The van der Waals surface area contributed by atoms with Crippen molar-refractivity contribution in [1.82, 2.24) is 20.3 Å². The van der Waals surface area contributed by atoms with Crippen LogP contribution in [0.25, 0.3) is 0 Å². The topological polar surface area (TPSA) is 71.0 Å². The number of nitrogens with one attached hydrogen (secondary N) is 1. The molecule has 126 valence electrons. The predicted octanol–water partition coefficient (Wildman–Crippen LogP) is 2.30. The van der Waals surface area contributed by atoms with E-state index in [2.05, 4.69) is 25.2 Å². The molecule has 0 aromatic carbocycles. The average Bonchev–Trinajstić information content (AvgIpc) is 2.62. The molecule has 7 heteroatoms. The average molecular weight is 343 g/mol. The van der Waals surface area contributed by atoms with Gasteiger partial charge in [-0.2, -0.15) is 0 Å². The summed E-state index contributed by atoms with van der Waals surface area (Å²) in [6.45, 7) is 3.75. The van der Waals surface area contributed by atoms with Crippen molar-refractivity contribution < 1.29 is 4.79 Å². The van der Waals surface area contributed by atoms with Crippen LogP contribution in [0.15, 0.2) is 35.7 Å². The third kappa shape index (κ3) is 4.03. The van der Waals surface area contributed by atoms with Gasteiger partial charge in [-0.25, -0.2) is 9.97 Å². The van der Waals surface area contributed by atoms with Crippen LogP contribution in [-0.2, 0) is 0 Å². The number of amides is 1. The molecular formula is C17H21N5OS. The highest BCUT2D eigenvalue weighted by atomic mass is 32.2. The lowest BCUT2D eigenvalue weighted by molar-refractivity contribution is 0.0930. The van der Waals surface area contributed by atoms with Crippen molar-refractivity contribution in [2.24, 2.45) is 0 Å². The lowest BCUT2D eigenvalue weighted by Crippen LogP contribution is -2.45. The molecule has 0 bridgehead atoms. The van der Waals surface area contributed by atoms with E-state index < -0.39 is 0 Å². The van der Waals surface area contributed by atoms with Crippen molar-refractivity contribution in [3.05, 3.63) is 41.9 Å². The Labute approximate surface area is 146 Å². The van der Waals surface area contributed by atoms with Gasteiger partial charge in [-0.1, -0.05) is 11.8 Å². The standard InChI is InChI=1S/C17H21N5OS/c1-12-10-15(21-17(19-12)24-2)22-8-5-14(6-9-22)20-16(23)13-4-3-7-18-11-13/h3-4,7,10-11,14H,5-6,8-9H2,1-2H3,(H,20,23). The van der Waals surface area contributed by atoms with E-state index in [1.165, 1.54) is 0 Å². The Bertz CT molecular complexity index is 701. The van der Waals surface area contributed by atoms with Gasteiger partial charge in [-0.3, -0.25) is 9.78 Å². The molecule has 3 heterocycles. The summed E-state index contributed by atoms with van der Waals surface area (Å²) in [7, 11) is 0. The first-order valence-electron chi connectivity index (χ1n) is 8.01. The smallest absolute Gasteiger partial charge is 0.253 e. The molecule has 1 amide bonds. The maximum absolute atomic E-state index is 12.2. The molecule has 6 nitrogen and oxygen atoms in total. The van der Waals surface area contributed by atoms with Gasteiger partial charge < -0.3 is 10.2 Å². The maximum Gasteiger partial charge on any atom is 0.253 e. The second-order valence-corrected chi connectivity index (χ2v) is 6.60. The zero-order valence-corrected chi connectivity index (χ0v) is 14.7. The molecule has 0 aliphatic carbocycles. The number of aryl methyl sites for hydroxylation is 1. The van der Waals surface area contributed by atoms with Crippen LogP contribution in [0.5, 0.6) is 0 Å². The normalized spacial score (nSPS) is 15.3. The molecule has 2 aromatic rings. The Hall–Kier alpha value is -2.15. The molecular weight excluding hydrogens is 322 g/mol. The number of carbonyl (C=O) groups is 1. The molecule has 1 fully saturated rings. The molecule has 1 aliphatic rings. The number of rotatable bonds is 4. The van der Waals surface area contributed by atoms with Crippen LogP contribution in [0.2, 0.25) is 0 Å². The highest BCUT2D eigenvalue weighted by Crippen LogP contribution is 2.21. The predicted molar refractivity (Wildman–Crippen MR) is 95.5 cm³/mol. The SMILES string of the molecule is CSc1nc(C)cc(N2CCC(NC(=O)c3cccnc3)CC2)n1. The molecule has 2 aromatic heterocycles. The number of aromatic nitrogens is 3. The summed E-state index contributed by atoms with van der Waals surface area (Å²) in [5.74, 6) is 0.924. The van der Waals surface area contributed by atoms with E-state index in [-0.39, 0.29) is 11.9 Å². The Morgan fingerprint density at radius 2 is 2.12 bits per heavy atom. The number of hydrogen-bond donors (Lipinski definition) is 1. The maximum atomic E-state index is 12.2. The summed E-state index contributed by atoms with van der Waals surface area (Å²) in [6, 6.07) is 5.77. The van der Waals surface area contributed by atoms with Gasteiger partial charge in [0, 0.05) is 43.3 Å². The summed E-state index contributed by atoms with van der Waals surface area (Å²) >= 11 is 1.56. The molecule has 0 saturated carbocycles. The minimum atomic E-state index is -0.0518. The van der Waals surface area contributed by atoms with Gasteiger partial charge in [0.2, 0.25) is 0 Å². The van der Waals surface area contributed by atoms with Crippen LogP contribution < -0.4 is 10.2 Å². The number of nitrogens with zero attached hydrogens (tertiary/aromatic N) is 4. The first-order valence-corrected chi connectivity index (χ1v) is 9.23.